The van der Waals surface area contributed by atoms with E-state index in [1.807, 2.05) is 41.1 Å². The number of non-ortho nitro benzene ring substituents is 1. The Hall–Kier alpha value is -4.53. The molecule has 0 unspecified atom stereocenters. The predicted octanol–water partition coefficient (Wildman–Crippen LogP) is 6.06. The SMILES string of the molecule is CCOC(=O)C1CCN(C(=O)C[C@@H](c2cccc(F)c2)c2cn(Cc3ccccc3)c3ccc([N+](=O)[O-])cc23)CC1. The highest BCUT2D eigenvalue weighted by atomic mass is 19.1. The minimum absolute atomic E-state index is 0.0541. The summed E-state index contributed by atoms with van der Waals surface area (Å²) in [7, 11) is 0. The molecule has 212 valence electrons. The van der Waals surface area contributed by atoms with Crippen LogP contribution in [-0.4, -0.2) is 46.0 Å². The molecule has 0 saturated carbocycles. The number of likely N-dealkylation sites (tertiary alicyclic amines) is 1. The summed E-state index contributed by atoms with van der Waals surface area (Å²) in [5.74, 6) is -1.53. The van der Waals surface area contributed by atoms with Crippen molar-refractivity contribution in [3.05, 3.63) is 112 Å². The Kier molecular flexibility index (Phi) is 8.42. The summed E-state index contributed by atoms with van der Waals surface area (Å²) in [6, 6.07) is 20.8. The number of benzene rings is 3. The van der Waals surface area contributed by atoms with Gasteiger partial charge >= 0.3 is 5.97 Å². The van der Waals surface area contributed by atoms with E-state index in [0.717, 1.165) is 16.6 Å². The number of piperidine rings is 1. The molecule has 2 heterocycles. The van der Waals surface area contributed by atoms with Gasteiger partial charge in [-0.15, -0.1) is 0 Å². The molecule has 4 aromatic rings. The van der Waals surface area contributed by atoms with E-state index >= 15 is 0 Å². The number of halogens is 1. The summed E-state index contributed by atoms with van der Waals surface area (Å²) in [5, 5.41) is 12.3. The highest BCUT2D eigenvalue weighted by Crippen LogP contribution is 2.37. The zero-order chi connectivity index (χ0) is 28.9. The van der Waals surface area contributed by atoms with Gasteiger partial charge in [-0.3, -0.25) is 19.7 Å². The summed E-state index contributed by atoms with van der Waals surface area (Å²) in [6.07, 6.45) is 3.04. The van der Waals surface area contributed by atoms with Crippen LogP contribution in [0.1, 0.15) is 48.8 Å². The lowest BCUT2D eigenvalue weighted by Crippen LogP contribution is -2.41. The maximum absolute atomic E-state index is 14.5. The van der Waals surface area contributed by atoms with Crippen molar-refractivity contribution in [1.82, 2.24) is 9.47 Å². The first-order valence-corrected chi connectivity index (χ1v) is 13.8. The summed E-state index contributed by atoms with van der Waals surface area (Å²) in [5.41, 5.74) is 3.13. The molecule has 0 N–H and O–H groups in total. The summed E-state index contributed by atoms with van der Waals surface area (Å²) in [4.78, 5) is 38.8. The minimum atomic E-state index is -0.539. The van der Waals surface area contributed by atoms with Crippen LogP contribution in [0.25, 0.3) is 10.9 Å². The Labute approximate surface area is 237 Å². The maximum atomic E-state index is 14.5. The molecule has 1 amide bonds. The Morgan fingerprint density at radius 2 is 1.80 bits per heavy atom. The summed E-state index contributed by atoms with van der Waals surface area (Å²) >= 11 is 0. The fraction of sp³-hybridized carbons (Fsp3) is 0.312. The molecule has 0 radical (unpaired) electrons. The van der Waals surface area contributed by atoms with Crippen LogP contribution in [-0.2, 0) is 20.9 Å². The number of nitro groups is 1. The predicted molar refractivity (Wildman–Crippen MR) is 153 cm³/mol. The number of esters is 1. The molecule has 8 nitrogen and oxygen atoms in total. The monoisotopic (exact) mass is 557 g/mol. The van der Waals surface area contributed by atoms with Crippen LogP contribution < -0.4 is 0 Å². The number of aromatic nitrogens is 1. The van der Waals surface area contributed by atoms with E-state index in [-0.39, 0.29) is 29.9 Å². The van der Waals surface area contributed by atoms with E-state index in [1.165, 1.54) is 24.3 Å². The number of rotatable bonds is 9. The molecule has 9 heteroatoms. The van der Waals surface area contributed by atoms with Gasteiger partial charge in [0.15, 0.2) is 0 Å². The van der Waals surface area contributed by atoms with Crippen LogP contribution in [0, 0.1) is 21.8 Å². The first-order chi connectivity index (χ1) is 19.8. The Bertz CT molecular complexity index is 1560. The van der Waals surface area contributed by atoms with Gasteiger partial charge in [-0.05, 0) is 54.7 Å². The van der Waals surface area contributed by atoms with Crippen LogP contribution in [0.15, 0.2) is 79.0 Å². The molecule has 3 aromatic carbocycles. The highest BCUT2D eigenvalue weighted by molar-refractivity contribution is 5.88. The van der Waals surface area contributed by atoms with Gasteiger partial charge in [-0.2, -0.15) is 0 Å². The molecule has 1 saturated heterocycles. The quantitative estimate of drug-likeness (QED) is 0.142. The topological polar surface area (TPSA) is 94.7 Å². The number of nitrogens with zero attached hydrogens (tertiary/aromatic N) is 3. The second kappa shape index (κ2) is 12.3. The minimum Gasteiger partial charge on any atom is -0.466 e. The van der Waals surface area contributed by atoms with Crippen LogP contribution in [0.5, 0.6) is 0 Å². The summed E-state index contributed by atoms with van der Waals surface area (Å²) in [6.45, 7) is 3.48. The molecule has 0 spiro atoms. The highest BCUT2D eigenvalue weighted by Gasteiger charge is 2.31. The molecule has 0 bridgehead atoms. The van der Waals surface area contributed by atoms with Crippen molar-refractivity contribution in [2.45, 2.75) is 38.6 Å². The smallest absolute Gasteiger partial charge is 0.309 e. The Morgan fingerprint density at radius 1 is 1.05 bits per heavy atom. The first kappa shape index (κ1) is 28.0. The fourth-order valence-electron chi connectivity index (χ4n) is 5.67. The zero-order valence-electron chi connectivity index (χ0n) is 22.9. The number of ether oxygens (including phenoxy) is 1. The second-order valence-corrected chi connectivity index (χ2v) is 10.4. The van der Waals surface area contributed by atoms with Crippen LogP contribution in [0.3, 0.4) is 0 Å². The van der Waals surface area contributed by atoms with Crippen molar-refractivity contribution >= 4 is 28.5 Å². The van der Waals surface area contributed by atoms with Crippen molar-refractivity contribution in [2.75, 3.05) is 19.7 Å². The lowest BCUT2D eigenvalue weighted by molar-refractivity contribution is -0.384. The normalized spacial score (nSPS) is 14.6. The van der Waals surface area contributed by atoms with Crippen molar-refractivity contribution in [1.29, 1.82) is 0 Å². The third kappa shape index (κ3) is 6.29. The van der Waals surface area contributed by atoms with Gasteiger partial charge in [0.1, 0.15) is 5.82 Å². The average Bonchev–Trinajstić information content (AvgIpc) is 3.33. The van der Waals surface area contributed by atoms with Crippen LogP contribution in [0.4, 0.5) is 10.1 Å². The third-order valence-electron chi connectivity index (χ3n) is 7.77. The lowest BCUT2D eigenvalue weighted by atomic mass is 9.87. The van der Waals surface area contributed by atoms with E-state index < -0.39 is 16.7 Å². The van der Waals surface area contributed by atoms with Crippen molar-refractivity contribution in [2.24, 2.45) is 5.92 Å². The number of fused-ring (bicyclic) bond motifs is 1. The number of carbonyl (C=O) groups excluding carboxylic acids is 2. The van der Waals surface area contributed by atoms with Gasteiger partial charge in [0.25, 0.3) is 5.69 Å². The van der Waals surface area contributed by atoms with Gasteiger partial charge in [-0.1, -0.05) is 42.5 Å². The second-order valence-electron chi connectivity index (χ2n) is 10.4. The van der Waals surface area contributed by atoms with Gasteiger partial charge in [0, 0.05) is 61.2 Å². The first-order valence-electron chi connectivity index (χ1n) is 13.8. The molecule has 0 aliphatic carbocycles. The molecule has 1 fully saturated rings. The van der Waals surface area contributed by atoms with Gasteiger partial charge < -0.3 is 14.2 Å². The average molecular weight is 558 g/mol. The molecule has 41 heavy (non-hydrogen) atoms. The third-order valence-corrected chi connectivity index (χ3v) is 7.77. The Balaban J connectivity index is 1.51. The van der Waals surface area contributed by atoms with E-state index in [1.54, 1.807) is 30.0 Å². The standard InChI is InChI=1S/C32H32FN3O5/c1-2-41-32(38)23-13-15-34(16-14-23)31(37)19-27(24-9-6-10-25(33)17-24)29-21-35(20-22-7-4-3-5-8-22)30-12-11-26(36(39)40)18-28(29)30/h3-12,17-18,21,23,27H,2,13-16,19-20H2,1H3/t27-/m0/s1. The van der Waals surface area contributed by atoms with Gasteiger partial charge in [0.2, 0.25) is 5.91 Å². The number of amides is 1. The molecule has 1 aliphatic rings. The fourth-order valence-corrected chi connectivity index (χ4v) is 5.67. The molecular formula is C32H32FN3O5. The summed E-state index contributed by atoms with van der Waals surface area (Å²) < 4.78 is 21.6. The van der Waals surface area contributed by atoms with E-state index in [4.69, 9.17) is 4.74 Å². The van der Waals surface area contributed by atoms with Crippen molar-refractivity contribution in [3.8, 4) is 0 Å². The molecule has 1 atom stereocenters. The Morgan fingerprint density at radius 3 is 2.49 bits per heavy atom. The maximum Gasteiger partial charge on any atom is 0.309 e. The van der Waals surface area contributed by atoms with E-state index in [9.17, 15) is 24.1 Å². The van der Waals surface area contributed by atoms with Gasteiger partial charge in [-0.25, -0.2) is 4.39 Å². The van der Waals surface area contributed by atoms with Crippen molar-refractivity contribution < 1.29 is 23.6 Å². The van der Waals surface area contributed by atoms with Gasteiger partial charge in [0.05, 0.1) is 17.4 Å². The number of nitro benzene ring substituents is 1. The number of hydrogen-bond donors (Lipinski definition) is 0. The van der Waals surface area contributed by atoms with Crippen molar-refractivity contribution in [3.63, 3.8) is 0 Å². The largest absolute Gasteiger partial charge is 0.466 e. The number of carbonyl (C=O) groups is 2. The lowest BCUT2D eigenvalue weighted by Gasteiger charge is -2.32. The molecular weight excluding hydrogens is 525 g/mol. The number of hydrogen-bond acceptors (Lipinski definition) is 5. The van der Waals surface area contributed by atoms with E-state index in [0.29, 0.717) is 50.0 Å². The zero-order valence-corrected chi connectivity index (χ0v) is 22.9. The molecule has 5 rings (SSSR count). The molecule has 1 aliphatic heterocycles. The van der Waals surface area contributed by atoms with Crippen LogP contribution in [0.2, 0.25) is 0 Å². The molecule has 1 aromatic heterocycles. The van der Waals surface area contributed by atoms with E-state index in [2.05, 4.69) is 0 Å². The van der Waals surface area contributed by atoms with Crippen LogP contribution >= 0.6 is 0 Å².